The van der Waals surface area contributed by atoms with Gasteiger partial charge in [0.05, 0.1) is 13.7 Å². The highest BCUT2D eigenvalue weighted by molar-refractivity contribution is 6.36. The number of esters is 1. The lowest BCUT2D eigenvalue weighted by Gasteiger charge is -2.07. The standard InChI is InChI=1S/C11H12Cl2O3/c1-16-11(15)3-2-7-4-9(12)8(6-14)10(13)5-7/h4-5,14H,2-3,6H2,1H3. The van der Waals surface area contributed by atoms with Crippen LogP contribution in [0.25, 0.3) is 0 Å². The second-order valence-corrected chi connectivity index (χ2v) is 4.09. The highest BCUT2D eigenvalue weighted by Crippen LogP contribution is 2.27. The minimum Gasteiger partial charge on any atom is -0.469 e. The van der Waals surface area contributed by atoms with Gasteiger partial charge in [0.15, 0.2) is 0 Å². The van der Waals surface area contributed by atoms with Crippen LogP contribution < -0.4 is 0 Å². The van der Waals surface area contributed by atoms with Crippen LogP contribution in [0.1, 0.15) is 17.5 Å². The minimum atomic E-state index is -0.279. The van der Waals surface area contributed by atoms with Gasteiger partial charge < -0.3 is 9.84 Å². The Morgan fingerprint density at radius 1 is 1.38 bits per heavy atom. The number of halogens is 2. The van der Waals surface area contributed by atoms with Crippen LogP contribution in [-0.2, 0) is 22.6 Å². The molecule has 0 fully saturated rings. The summed E-state index contributed by atoms with van der Waals surface area (Å²) in [5, 5.41) is 9.83. The molecule has 3 nitrogen and oxygen atoms in total. The summed E-state index contributed by atoms with van der Waals surface area (Å²) >= 11 is 11.8. The molecule has 1 rings (SSSR count). The Balaban J connectivity index is 2.79. The molecule has 0 spiro atoms. The van der Waals surface area contributed by atoms with Crippen molar-refractivity contribution < 1.29 is 14.6 Å². The van der Waals surface area contributed by atoms with Crippen LogP contribution in [0.3, 0.4) is 0 Å². The van der Waals surface area contributed by atoms with E-state index in [-0.39, 0.29) is 19.0 Å². The Bertz CT molecular complexity index is 368. The molecule has 5 heteroatoms. The number of rotatable bonds is 4. The largest absolute Gasteiger partial charge is 0.469 e. The average molecular weight is 263 g/mol. The molecule has 0 aliphatic carbocycles. The van der Waals surface area contributed by atoms with Crippen molar-refractivity contribution in [3.8, 4) is 0 Å². The third kappa shape index (κ3) is 3.37. The van der Waals surface area contributed by atoms with Gasteiger partial charge in [-0.05, 0) is 24.1 Å². The Morgan fingerprint density at radius 2 is 1.94 bits per heavy atom. The van der Waals surface area contributed by atoms with Gasteiger partial charge in [0.2, 0.25) is 0 Å². The first kappa shape index (κ1) is 13.3. The number of hydrogen-bond acceptors (Lipinski definition) is 3. The van der Waals surface area contributed by atoms with Gasteiger partial charge in [-0.15, -0.1) is 0 Å². The number of aryl methyl sites for hydroxylation is 1. The predicted molar refractivity (Wildman–Crippen MR) is 62.7 cm³/mol. The van der Waals surface area contributed by atoms with Gasteiger partial charge in [-0.3, -0.25) is 4.79 Å². The molecule has 88 valence electrons. The van der Waals surface area contributed by atoms with Crippen LogP contribution in [0.2, 0.25) is 10.0 Å². The number of aliphatic hydroxyl groups is 1. The summed E-state index contributed by atoms with van der Waals surface area (Å²) in [6, 6.07) is 3.39. The monoisotopic (exact) mass is 262 g/mol. The van der Waals surface area contributed by atoms with Gasteiger partial charge in [-0.2, -0.15) is 0 Å². The van der Waals surface area contributed by atoms with Crippen molar-refractivity contribution in [2.24, 2.45) is 0 Å². The summed E-state index contributed by atoms with van der Waals surface area (Å²) < 4.78 is 4.53. The highest BCUT2D eigenvalue weighted by Gasteiger charge is 2.08. The van der Waals surface area contributed by atoms with Gasteiger partial charge in [-0.25, -0.2) is 0 Å². The van der Waals surface area contributed by atoms with Crippen molar-refractivity contribution in [2.45, 2.75) is 19.4 Å². The van der Waals surface area contributed by atoms with E-state index in [4.69, 9.17) is 28.3 Å². The van der Waals surface area contributed by atoms with E-state index in [1.807, 2.05) is 0 Å². The van der Waals surface area contributed by atoms with E-state index in [1.165, 1.54) is 7.11 Å². The Hall–Kier alpha value is -0.770. The molecule has 0 aliphatic heterocycles. The molecule has 0 atom stereocenters. The molecule has 0 bridgehead atoms. The second kappa shape index (κ2) is 6.09. The van der Waals surface area contributed by atoms with E-state index >= 15 is 0 Å². The summed E-state index contributed by atoms with van der Waals surface area (Å²) in [4.78, 5) is 10.9. The molecule has 0 aliphatic rings. The molecule has 0 radical (unpaired) electrons. The van der Waals surface area contributed by atoms with Crippen LogP contribution >= 0.6 is 23.2 Å². The fraction of sp³-hybridized carbons (Fsp3) is 0.364. The van der Waals surface area contributed by atoms with E-state index in [2.05, 4.69) is 4.74 Å². The molecule has 0 heterocycles. The second-order valence-electron chi connectivity index (χ2n) is 3.27. The fourth-order valence-corrected chi connectivity index (χ4v) is 1.95. The van der Waals surface area contributed by atoms with Crippen molar-refractivity contribution in [3.05, 3.63) is 33.3 Å². The van der Waals surface area contributed by atoms with Crippen molar-refractivity contribution in [2.75, 3.05) is 7.11 Å². The molecule has 0 aromatic heterocycles. The maximum absolute atomic E-state index is 10.9. The normalized spacial score (nSPS) is 10.2. The van der Waals surface area contributed by atoms with E-state index in [0.717, 1.165) is 5.56 Å². The van der Waals surface area contributed by atoms with E-state index in [0.29, 0.717) is 22.0 Å². The van der Waals surface area contributed by atoms with Crippen molar-refractivity contribution >= 4 is 29.2 Å². The lowest BCUT2D eigenvalue weighted by atomic mass is 10.1. The lowest BCUT2D eigenvalue weighted by molar-refractivity contribution is -0.140. The van der Waals surface area contributed by atoms with Crippen molar-refractivity contribution in [3.63, 3.8) is 0 Å². The van der Waals surface area contributed by atoms with Crippen molar-refractivity contribution in [1.29, 1.82) is 0 Å². The lowest BCUT2D eigenvalue weighted by Crippen LogP contribution is -2.02. The topological polar surface area (TPSA) is 46.5 Å². The van der Waals surface area contributed by atoms with Gasteiger partial charge in [0.1, 0.15) is 0 Å². The van der Waals surface area contributed by atoms with Crippen LogP contribution in [0, 0.1) is 0 Å². The third-order valence-electron chi connectivity index (χ3n) is 2.20. The molecule has 1 aromatic carbocycles. The number of benzene rings is 1. The van der Waals surface area contributed by atoms with Gasteiger partial charge in [-0.1, -0.05) is 23.2 Å². The average Bonchev–Trinajstić information content (AvgIpc) is 2.25. The number of methoxy groups -OCH3 is 1. The van der Waals surface area contributed by atoms with Crippen LogP contribution in [0.5, 0.6) is 0 Å². The van der Waals surface area contributed by atoms with Crippen LogP contribution in [0.4, 0.5) is 0 Å². The summed E-state index contributed by atoms with van der Waals surface area (Å²) in [6.07, 6.45) is 0.791. The summed E-state index contributed by atoms with van der Waals surface area (Å²) in [5.74, 6) is -0.279. The molecule has 0 saturated carbocycles. The highest BCUT2D eigenvalue weighted by atomic mass is 35.5. The number of hydrogen-bond donors (Lipinski definition) is 1. The number of carbonyl (C=O) groups excluding carboxylic acids is 1. The minimum absolute atomic E-state index is 0.199. The molecule has 1 aromatic rings. The molecule has 0 unspecified atom stereocenters. The predicted octanol–water partition coefficient (Wildman–Crippen LogP) is 2.59. The maximum atomic E-state index is 10.9. The smallest absolute Gasteiger partial charge is 0.305 e. The Morgan fingerprint density at radius 3 is 2.38 bits per heavy atom. The third-order valence-corrected chi connectivity index (χ3v) is 2.88. The zero-order valence-electron chi connectivity index (χ0n) is 8.80. The van der Waals surface area contributed by atoms with Crippen LogP contribution in [-0.4, -0.2) is 18.2 Å². The molecular weight excluding hydrogens is 251 g/mol. The van der Waals surface area contributed by atoms with Gasteiger partial charge in [0, 0.05) is 22.0 Å². The van der Waals surface area contributed by atoms with Crippen LogP contribution in [0.15, 0.2) is 12.1 Å². The summed E-state index contributed by atoms with van der Waals surface area (Å²) in [6.45, 7) is -0.199. The number of carbonyl (C=O) groups is 1. The quantitative estimate of drug-likeness (QED) is 0.849. The van der Waals surface area contributed by atoms with Crippen molar-refractivity contribution in [1.82, 2.24) is 0 Å². The zero-order valence-corrected chi connectivity index (χ0v) is 10.3. The maximum Gasteiger partial charge on any atom is 0.305 e. The van der Waals surface area contributed by atoms with E-state index in [1.54, 1.807) is 12.1 Å². The summed E-state index contributed by atoms with van der Waals surface area (Å²) in [5.41, 5.74) is 1.35. The number of ether oxygens (including phenoxy) is 1. The molecule has 16 heavy (non-hydrogen) atoms. The van der Waals surface area contributed by atoms with Gasteiger partial charge in [0.25, 0.3) is 0 Å². The Labute approximate surface area is 104 Å². The first-order chi connectivity index (χ1) is 7.58. The molecule has 0 saturated heterocycles. The molecule has 1 N–H and O–H groups in total. The zero-order chi connectivity index (χ0) is 12.1. The summed E-state index contributed by atoms with van der Waals surface area (Å²) in [7, 11) is 1.34. The van der Waals surface area contributed by atoms with E-state index in [9.17, 15) is 4.79 Å². The fourth-order valence-electron chi connectivity index (χ4n) is 1.30. The SMILES string of the molecule is COC(=O)CCc1cc(Cl)c(CO)c(Cl)c1. The first-order valence-corrected chi connectivity index (χ1v) is 5.48. The molecular formula is C11H12Cl2O3. The number of aliphatic hydroxyl groups excluding tert-OH is 1. The van der Waals surface area contributed by atoms with Gasteiger partial charge >= 0.3 is 5.97 Å². The van der Waals surface area contributed by atoms with E-state index < -0.39 is 0 Å². The molecule has 0 amide bonds. The first-order valence-electron chi connectivity index (χ1n) is 4.73. The Kier molecular flexibility index (Phi) is 5.06.